The first-order valence-electron chi connectivity index (χ1n) is 16.1. The minimum absolute atomic E-state index is 0.408. The van der Waals surface area contributed by atoms with Crippen LogP contribution in [0, 0.1) is 6.92 Å². The van der Waals surface area contributed by atoms with Gasteiger partial charge in [0.2, 0.25) is 0 Å². The summed E-state index contributed by atoms with van der Waals surface area (Å²) in [7, 11) is 0. The van der Waals surface area contributed by atoms with Crippen molar-refractivity contribution < 1.29 is 4.74 Å². The molecule has 1 atom stereocenters. The smallest absolute Gasteiger partial charge is 0.122 e. The average Bonchev–Trinajstić information content (AvgIpc) is 3.02. The predicted molar refractivity (Wildman–Crippen MR) is 176 cm³/mol. The van der Waals surface area contributed by atoms with E-state index in [0.717, 1.165) is 25.2 Å². The van der Waals surface area contributed by atoms with Gasteiger partial charge in [-0.3, -0.25) is 0 Å². The monoisotopic (exact) mass is 546 g/mol. The van der Waals surface area contributed by atoms with Crippen LogP contribution < -0.4 is 4.74 Å². The second kappa shape index (κ2) is 15.6. The predicted octanol–water partition coefficient (Wildman–Crippen LogP) is 11.4. The summed E-state index contributed by atoms with van der Waals surface area (Å²) in [6.45, 7) is 9.85. The normalized spacial score (nSPS) is 12.3. The molecule has 4 aromatic carbocycles. The maximum Gasteiger partial charge on any atom is 0.122 e. The summed E-state index contributed by atoms with van der Waals surface area (Å²) >= 11 is 0. The Morgan fingerprint density at radius 2 is 1.10 bits per heavy atom. The van der Waals surface area contributed by atoms with Crippen LogP contribution in [0.3, 0.4) is 0 Å². The zero-order chi connectivity index (χ0) is 28.9. The van der Waals surface area contributed by atoms with Crippen molar-refractivity contribution in [2.75, 3.05) is 6.61 Å². The van der Waals surface area contributed by atoms with Crippen molar-refractivity contribution in [2.24, 2.45) is 0 Å². The fourth-order valence-corrected chi connectivity index (χ4v) is 6.12. The maximum absolute atomic E-state index is 6.51. The van der Waals surface area contributed by atoms with E-state index >= 15 is 0 Å². The lowest BCUT2D eigenvalue weighted by atomic mass is 9.64. The molecule has 0 bridgehead atoms. The largest absolute Gasteiger partial charge is 0.493 e. The minimum Gasteiger partial charge on any atom is -0.493 e. The number of benzene rings is 4. The molecule has 0 aliphatic rings. The van der Waals surface area contributed by atoms with Gasteiger partial charge in [-0.2, -0.15) is 0 Å². The molecule has 0 saturated heterocycles. The number of unbranched alkanes of at least 4 members (excludes halogenated alkanes) is 7. The Morgan fingerprint density at radius 1 is 0.585 bits per heavy atom. The van der Waals surface area contributed by atoms with E-state index < -0.39 is 5.41 Å². The van der Waals surface area contributed by atoms with E-state index in [2.05, 4.69) is 131 Å². The van der Waals surface area contributed by atoms with Crippen LogP contribution in [0.2, 0.25) is 0 Å². The number of aryl methyl sites for hydroxylation is 1. The van der Waals surface area contributed by atoms with Gasteiger partial charge in [-0.1, -0.05) is 168 Å². The topological polar surface area (TPSA) is 9.23 Å². The SMILES string of the molecule is CCCCCCCCCCOc1ccc(C(c2ccccc2)(c2ccccc2)c2ccc(C)cc2)cc1C(C)CC. The summed E-state index contributed by atoms with van der Waals surface area (Å²) in [5.74, 6) is 1.45. The zero-order valence-electron chi connectivity index (χ0n) is 25.9. The first-order valence-corrected chi connectivity index (χ1v) is 16.1. The lowest BCUT2D eigenvalue weighted by Crippen LogP contribution is -2.31. The van der Waals surface area contributed by atoms with Gasteiger partial charge in [0, 0.05) is 0 Å². The highest BCUT2D eigenvalue weighted by Crippen LogP contribution is 2.47. The van der Waals surface area contributed by atoms with Crippen molar-refractivity contribution >= 4 is 0 Å². The summed E-state index contributed by atoms with van der Waals surface area (Å²) in [5.41, 5.74) is 7.27. The molecule has 0 N–H and O–H groups in total. The number of hydrogen-bond acceptors (Lipinski definition) is 1. The van der Waals surface area contributed by atoms with Gasteiger partial charge in [0.25, 0.3) is 0 Å². The van der Waals surface area contributed by atoms with Crippen LogP contribution in [0.5, 0.6) is 5.75 Å². The zero-order valence-corrected chi connectivity index (χ0v) is 25.9. The summed E-state index contributed by atoms with van der Waals surface area (Å²) in [6.07, 6.45) is 11.6. The summed E-state index contributed by atoms with van der Waals surface area (Å²) in [4.78, 5) is 0. The Morgan fingerprint density at radius 3 is 1.66 bits per heavy atom. The molecule has 1 unspecified atom stereocenters. The highest BCUT2D eigenvalue weighted by Gasteiger charge is 2.38. The van der Waals surface area contributed by atoms with E-state index in [1.165, 1.54) is 78.3 Å². The van der Waals surface area contributed by atoms with Crippen molar-refractivity contribution in [2.45, 2.75) is 96.8 Å². The van der Waals surface area contributed by atoms with E-state index in [1.54, 1.807) is 0 Å². The standard InChI is InChI=1S/C40H50O/c1-5-7-8-9-10-11-12-19-30-41-39-29-28-37(31-38(39)33(4)6-2)40(34-20-15-13-16-21-34,35-22-17-14-18-23-35)36-26-24-32(3)25-27-36/h13-18,20-29,31,33H,5-12,19,30H2,1-4H3. The van der Waals surface area contributed by atoms with Gasteiger partial charge in [-0.25, -0.2) is 0 Å². The van der Waals surface area contributed by atoms with Crippen molar-refractivity contribution in [3.8, 4) is 5.75 Å². The van der Waals surface area contributed by atoms with Crippen molar-refractivity contribution in [1.29, 1.82) is 0 Å². The van der Waals surface area contributed by atoms with Crippen molar-refractivity contribution in [3.05, 3.63) is 137 Å². The van der Waals surface area contributed by atoms with Gasteiger partial charge in [0.05, 0.1) is 12.0 Å². The van der Waals surface area contributed by atoms with E-state index in [1.807, 2.05) is 0 Å². The van der Waals surface area contributed by atoms with Crippen LogP contribution in [0.1, 0.15) is 118 Å². The van der Waals surface area contributed by atoms with E-state index in [9.17, 15) is 0 Å². The fourth-order valence-electron chi connectivity index (χ4n) is 6.12. The summed E-state index contributed by atoms with van der Waals surface area (Å²) in [6, 6.07) is 38.1. The highest BCUT2D eigenvalue weighted by molar-refractivity contribution is 5.61. The van der Waals surface area contributed by atoms with Gasteiger partial charge >= 0.3 is 0 Å². The van der Waals surface area contributed by atoms with Crippen LogP contribution in [0.15, 0.2) is 103 Å². The summed E-state index contributed by atoms with van der Waals surface area (Å²) < 4.78 is 6.51. The molecule has 4 rings (SSSR count). The van der Waals surface area contributed by atoms with E-state index in [0.29, 0.717) is 5.92 Å². The second-order valence-corrected chi connectivity index (χ2v) is 11.7. The molecule has 216 valence electrons. The first-order chi connectivity index (χ1) is 20.1. The Balaban J connectivity index is 1.71. The molecule has 0 saturated carbocycles. The van der Waals surface area contributed by atoms with Gasteiger partial charge in [0.15, 0.2) is 0 Å². The minimum atomic E-state index is -0.436. The highest BCUT2D eigenvalue weighted by atomic mass is 16.5. The molecular formula is C40H50O. The van der Waals surface area contributed by atoms with Crippen LogP contribution in [0.25, 0.3) is 0 Å². The molecule has 0 fully saturated rings. The molecule has 1 heteroatoms. The van der Waals surface area contributed by atoms with Gasteiger partial charge in [-0.05, 0) is 59.6 Å². The third-order valence-corrected chi connectivity index (χ3v) is 8.74. The van der Waals surface area contributed by atoms with Gasteiger partial charge in [0.1, 0.15) is 5.75 Å². The Bertz CT molecular complexity index is 1250. The van der Waals surface area contributed by atoms with Crippen LogP contribution in [0.4, 0.5) is 0 Å². The van der Waals surface area contributed by atoms with Crippen LogP contribution in [-0.2, 0) is 5.41 Å². The maximum atomic E-state index is 6.51. The lowest BCUT2D eigenvalue weighted by molar-refractivity contribution is 0.299. The van der Waals surface area contributed by atoms with E-state index in [4.69, 9.17) is 4.74 Å². The average molecular weight is 547 g/mol. The Kier molecular flexibility index (Phi) is 11.7. The molecular weight excluding hydrogens is 496 g/mol. The van der Waals surface area contributed by atoms with Crippen molar-refractivity contribution in [3.63, 3.8) is 0 Å². The Hall–Kier alpha value is -3.32. The fraction of sp³-hybridized carbons (Fsp3) is 0.400. The molecule has 0 radical (unpaired) electrons. The number of rotatable bonds is 16. The number of ether oxygens (including phenoxy) is 1. The number of hydrogen-bond donors (Lipinski definition) is 0. The summed E-state index contributed by atoms with van der Waals surface area (Å²) in [5, 5.41) is 0. The van der Waals surface area contributed by atoms with Crippen LogP contribution >= 0.6 is 0 Å². The van der Waals surface area contributed by atoms with Gasteiger partial charge in [-0.15, -0.1) is 0 Å². The molecule has 0 aromatic heterocycles. The molecule has 0 spiro atoms. The van der Waals surface area contributed by atoms with Crippen LogP contribution in [-0.4, -0.2) is 6.61 Å². The van der Waals surface area contributed by atoms with Crippen molar-refractivity contribution in [1.82, 2.24) is 0 Å². The Labute approximate surface area is 250 Å². The molecule has 0 heterocycles. The quantitative estimate of drug-likeness (QED) is 0.100. The van der Waals surface area contributed by atoms with E-state index in [-0.39, 0.29) is 0 Å². The second-order valence-electron chi connectivity index (χ2n) is 11.7. The molecule has 41 heavy (non-hydrogen) atoms. The molecule has 0 aliphatic heterocycles. The molecule has 4 aromatic rings. The first kappa shape index (κ1) is 30.6. The third kappa shape index (κ3) is 7.50. The van der Waals surface area contributed by atoms with Gasteiger partial charge < -0.3 is 4.74 Å². The third-order valence-electron chi connectivity index (χ3n) is 8.74. The lowest BCUT2D eigenvalue weighted by Gasteiger charge is -2.37. The molecule has 0 amide bonds. The molecule has 0 aliphatic carbocycles. The molecule has 1 nitrogen and oxygen atoms in total.